The molecule has 1 heterocycles. The van der Waals surface area contributed by atoms with Crippen molar-refractivity contribution in [2.45, 2.75) is 18.3 Å². The highest BCUT2D eigenvalue weighted by molar-refractivity contribution is 6.36. The van der Waals surface area contributed by atoms with Crippen LogP contribution >= 0.6 is 11.6 Å². The fourth-order valence-corrected chi connectivity index (χ4v) is 7.10. The molecule has 1 aliphatic heterocycles. The van der Waals surface area contributed by atoms with E-state index in [0.717, 1.165) is 27.8 Å². The smallest absolute Gasteiger partial charge is 0.271 e. The first-order chi connectivity index (χ1) is 19.4. The first-order valence-electron chi connectivity index (χ1n) is 13.2. The predicted molar refractivity (Wildman–Crippen MR) is 154 cm³/mol. The van der Waals surface area contributed by atoms with Crippen LogP contribution < -0.4 is 10.3 Å². The molecule has 4 aromatic rings. The summed E-state index contributed by atoms with van der Waals surface area (Å²) in [5.74, 6) is -2.66. The number of anilines is 1. The summed E-state index contributed by atoms with van der Waals surface area (Å²) in [6.07, 6.45) is 1.66. The number of halogens is 1. The second kappa shape index (κ2) is 9.00. The van der Waals surface area contributed by atoms with Gasteiger partial charge in [-0.2, -0.15) is 5.10 Å². The molecule has 1 fully saturated rings. The Labute approximate surface area is 236 Å². The van der Waals surface area contributed by atoms with Gasteiger partial charge in [0.05, 0.1) is 28.0 Å². The van der Waals surface area contributed by atoms with Crippen molar-refractivity contribution in [3.05, 3.63) is 135 Å². The van der Waals surface area contributed by atoms with Gasteiger partial charge in [-0.25, -0.2) is 10.3 Å². The van der Waals surface area contributed by atoms with Gasteiger partial charge in [0.15, 0.2) is 0 Å². The van der Waals surface area contributed by atoms with E-state index in [-0.39, 0.29) is 23.6 Å². The SMILES string of the molecule is Cc1ccc(C(=O)N/N=C/C23c4ccccc4C(c4ccccc42)[C@@H]2C(=O)N(c4ccccc4Cl)C(=O)[C@@H]23)cc1. The number of benzene rings is 4. The maximum Gasteiger partial charge on any atom is 0.271 e. The topological polar surface area (TPSA) is 78.8 Å². The average molecular weight is 546 g/mol. The number of hydrogen-bond donors (Lipinski definition) is 1. The van der Waals surface area contributed by atoms with Gasteiger partial charge < -0.3 is 0 Å². The van der Waals surface area contributed by atoms with Crippen molar-refractivity contribution >= 4 is 41.2 Å². The molecule has 8 rings (SSSR count). The van der Waals surface area contributed by atoms with E-state index in [1.165, 1.54) is 4.90 Å². The van der Waals surface area contributed by atoms with E-state index in [4.69, 9.17) is 11.6 Å². The lowest BCUT2D eigenvalue weighted by atomic mass is 9.47. The first-order valence-corrected chi connectivity index (χ1v) is 13.5. The Morgan fingerprint density at radius 2 is 1.45 bits per heavy atom. The van der Waals surface area contributed by atoms with Gasteiger partial charge >= 0.3 is 0 Å². The van der Waals surface area contributed by atoms with Crippen LogP contribution in [0.4, 0.5) is 5.69 Å². The summed E-state index contributed by atoms with van der Waals surface area (Å²) in [5.41, 5.74) is 7.28. The van der Waals surface area contributed by atoms with Crippen molar-refractivity contribution in [1.82, 2.24) is 5.43 Å². The van der Waals surface area contributed by atoms with Gasteiger partial charge in [-0.15, -0.1) is 0 Å². The van der Waals surface area contributed by atoms with E-state index < -0.39 is 17.3 Å². The fraction of sp³-hybridized carbons (Fsp3) is 0.152. The first kappa shape index (κ1) is 24.5. The Morgan fingerprint density at radius 3 is 2.10 bits per heavy atom. The average Bonchev–Trinajstić information content (AvgIpc) is 3.24. The van der Waals surface area contributed by atoms with Crippen LogP contribution in [0.15, 0.2) is 102 Å². The number of carbonyl (C=O) groups excluding carboxylic acids is 3. The summed E-state index contributed by atoms with van der Waals surface area (Å²) in [7, 11) is 0. The number of imide groups is 1. The van der Waals surface area contributed by atoms with Crippen LogP contribution in [0.1, 0.15) is 44.1 Å². The van der Waals surface area contributed by atoms with E-state index in [1.54, 1.807) is 42.6 Å². The molecule has 196 valence electrons. The molecule has 0 spiro atoms. The van der Waals surface area contributed by atoms with E-state index >= 15 is 0 Å². The minimum atomic E-state index is -1.07. The van der Waals surface area contributed by atoms with Gasteiger partial charge in [0.1, 0.15) is 0 Å². The third kappa shape index (κ3) is 3.29. The third-order valence-electron chi connectivity index (χ3n) is 8.53. The zero-order valence-electron chi connectivity index (χ0n) is 21.5. The fourth-order valence-electron chi connectivity index (χ4n) is 6.88. The number of nitrogens with zero attached hydrogens (tertiary/aromatic N) is 2. The van der Waals surface area contributed by atoms with E-state index in [0.29, 0.717) is 16.3 Å². The maximum atomic E-state index is 14.4. The van der Waals surface area contributed by atoms with Gasteiger partial charge in [-0.1, -0.05) is 90.0 Å². The van der Waals surface area contributed by atoms with Crippen molar-refractivity contribution in [1.29, 1.82) is 0 Å². The normalized spacial score (nSPS) is 24.1. The second-order valence-electron chi connectivity index (χ2n) is 10.6. The molecular weight excluding hydrogens is 522 g/mol. The lowest BCUT2D eigenvalue weighted by molar-refractivity contribution is -0.122. The van der Waals surface area contributed by atoms with Crippen molar-refractivity contribution in [2.75, 3.05) is 4.90 Å². The van der Waals surface area contributed by atoms with Crippen LogP contribution in [0.3, 0.4) is 0 Å². The van der Waals surface area contributed by atoms with Crippen LogP contribution in [0.2, 0.25) is 5.02 Å². The van der Waals surface area contributed by atoms with Crippen molar-refractivity contribution in [3.63, 3.8) is 0 Å². The predicted octanol–water partition coefficient (Wildman–Crippen LogP) is 5.62. The van der Waals surface area contributed by atoms with Gasteiger partial charge in [0, 0.05) is 17.7 Å². The molecule has 7 heteroatoms. The number of nitrogens with one attached hydrogen (secondary N) is 1. The third-order valence-corrected chi connectivity index (χ3v) is 8.84. The summed E-state index contributed by atoms with van der Waals surface area (Å²) in [4.78, 5) is 42.7. The van der Waals surface area contributed by atoms with Gasteiger partial charge in [0.2, 0.25) is 11.8 Å². The highest BCUT2D eigenvalue weighted by Crippen LogP contribution is 2.63. The van der Waals surface area contributed by atoms with Crippen molar-refractivity contribution in [2.24, 2.45) is 16.9 Å². The molecule has 0 saturated carbocycles. The molecule has 0 radical (unpaired) electrons. The monoisotopic (exact) mass is 545 g/mol. The maximum absolute atomic E-state index is 14.4. The highest BCUT2D eigenvalue weighted by atomic mass is 35.5. The van der Waals surface area contributed by atoms with Crippen LogP contribution in [0.5, 0.6) is 0 Å². The number of aryl methyl sites for hydroxylation is 1. The van der Waals surface area contributed by atoms with Crippen molar-refractivity contribution in [3.8, 4) is 0 Å². The van der Waals surface area contributed by atoms with E-state index in [1.807, 2.05) is 67.6 Å². The van der Waals surface area contributed by atoms with Crippen molar-refractivity contribution < 1.29 is 14.4 Å². The van der Waals surface area contributed by atoms with Gasteiger partial charge in [-0.05, 0) is 53.4 Å². The number of carbonyl (C=O) groups is 3. The van der Waals surface area contributed by atoms with Gasteiger partial charge in [-0.3, -0.25) is 14.4 Å². The minimum Gasteiger partial charge on any atom is -0.274 e. The Morgan fingerprint density at radius 1 is 0.850 bits per heavy atom. The van der Waals surface area contributed by atoms with Crippen LogP contribution in [-0.2, 0) is 15.0 Å². The van der Waals surface area contributed by atoms with Crippen LogP contribution in [0.25, 0.3) is 0 Å². The molecule has 40 heavy (non-hydrogen) atoms. The lowest BCUT2D eigenvalue weighted by Crippen LogP contribution is -2.54. The molecule has 2 bridgehead atoms. The lowest BCUT2D eigenvalue weighted by Gasteiger charge is -2.52. The molecule has 1 saturated heterocycles. The van der Waals surface area contributed by atoms with E-state index in [9.17, 15) is 14.4 Å². The molecule has 3 amide bonds. The number of rotatable bonds is 4. The minimum absolute atomic E-state index is 0.279. The number of para-hydroxylation sites is 1. The van der Waals surface area contributed by atoms with E-state index in [2.05, 4.69) is 10.5 Å². The summed E-state index contributed by atoms with van der Waals surface area (Å²) in [6.45, 7) is 1.95. The molecule has 3 aliphatic carbocycles. The molecule has 0 unspecified atom stereocenters. The molecule has 4 aliphatic rings. The molecule has 1 N–H and O–H groups in total. The summed E-state index contributed by atoms with van der Waals surface area (Å²) < 4.78 is 0. The Bertz CT molecular complexity index is 1700. The Balaban J connectivity index is 1.41. The molecular formula is C33H24ClN3O3. The zero-order chi connectivity index (χ0) is 27.6. The quantitative estimate of drug-likeness (QED) is 0.205. The molecule has 6 nitrogen and oxygen atoms in total. The standard InChI is InChI=1S/C33H24ClN3O3/c1-19-14-16-20(17-15-19)30(38)36-35-18-33-23-10-4-2-8-21(23)27(22-9-3-5-11-24(22)33)28-29(33)32(40)37(31(28)39)26-13-7-6-12-25(26)34/h2-18,27-29H,1H3,(H,36,38)/b35-18+/t27?,28-,29+,33?/m0/s1. The zero-order valence-corrected chi connectivity index (χ0v) is 22.3. The molecule has 4 aromatic carbocycles. The van der Waals surface area contributed by atoms with Crippen LogP contribution in [-0.4, -0.2) is 23.9 Å². The summed E-state index contributed by atoms with van der Waals surface area (Å²) >= 11 is 6.50. The second-order valence-corrected chi connectivity index (χ2v) is 11.0. The Kier molecular flexibility index (Phi) is 5.51. The number of amides is 3. The van der Waals surface area contributed by atoms with Crippen LogP contribution in [0, 0.1) is 18.8 Å². The molecule has 2 atom stereocenters. The Hall–Kier alpha value is -4.55. The number of hydrogen-bond acceptors (Lipinski definition) is 4. The van der Waals surface area contributed by atoms with Gasteiger partial charge in [0.25, 0.3) is 5.91 Å². The highest BCUT2D eigenvalue weighted by Gasteiger charge is 2.68. The summed E-state index contributed by atoms with van der Waals surface area (Å²) in [5, 5.41) is 4.79. The number of hydrazone groups is 1. The largest absolute Gasteiger partial charge is 0.274 e. The molecule has 0 aromatic heterocycles. The summed E-state index contributed by atoms with van der Waals surface area (Å²) in [6, 6.07) is 29.9.